The minimum atomic E-state index is -0.0760. The molecule has 2 nitrogen and oxygen atoms in total. The Morgan fingerprint density at radius 2 is 2.17 bits per heavy atom. The summed E-state index contributed by atoms with van der Waals surface area (Å²) in [7, 11) is 4.19. The van der Waals surface area contributed by atoms with Crippen molar-refractivity contribution in [2.75, 3.05) is 27.2 Å². The number of halogens is 1. The molecule has 1 saturated heterocycles. The number of benzene rings is 1. The Bertz CT molecular complexity index is 394. The van der Waals surface area contributed by atoms with Crippen LogP contribution in [-0.2, 0) is 6.42 Å². The largest absolute Gasteiger partial charge is 0.313 e. The Hall–Kier alpha value is -0.930. The number of hydrogen-bond donors (Lipinski definition) is 1. The van der Waals surface area contributed by atoms with E-state index in [-0.39, 0.29) is 11.4 Å². The van der Waals surface area contributed by atoms with Crippen LogP contribution in [0, 0.1) is 5.82 Å². The zero-order chi connectivity index (χ0) is 13.0. The average molecular weight is 250 g/mol. The molecular formula is C15H23FN2. The van der Waals surface area contributed by atoms with Gasteiger partial charge in [-0.1, -0.05) is 18.2 Å². The lowest BCUT2D eigenvalue weighted by Gasteiger charge is -2.41. The molecule has 0 bridgehead atoms. The summed E-state index contributed by atoms with van der Waals surface area (Å²) in [4.78, 5) is 2.36. The van der Waals surface area contributed by atoms with Crippen LogP contribution < -0.4 is 5.32 Å². The second-order valence-corrected chi connectivity index (χ2v) is 5.46. The Balaban J connectivity index is 2.01. The standard InChI is InChI=1S/C15H23FN2/c1-17-15(9-5-11-18(2)12-15)10-8-13-6-3-4-7-14(13)16/h3-4,6-7,17H,5,8-12H2,1-2H3. The normalized spacial score (nSPS) is 25.3. The molecule has 1 aromatic carbocycles. The number of likely N-dealkylation sites (tertiary alicyclic amines) is 1. The van der Waals surface area contributed by atoms with Gasteiger partial charge in [-0.25, -0.2) is 4.39 Å². The van der Waals surface area contributed by atoms with Crippen LogP contribution in [0.25, 0.3) is 0 Å². The lowest BCUT2D eigenvalue weighted by molar-refractivity contribution is 0.143. The fourth-order valence-corrected chi connectivity index (χ4v) is 2.97. The fourth-order valence-electron chi connectivity index (χ4n) is 2.97. The second-order valence-electron chi connectivity index (χ2n) is 5.46. The fraction of sp³-hybridized carbons (Fsp3) is 0.600. The molecule has 0 aromatic heterocycles. The van der Waals surface area contributed by atoms with Gasteiger partial charge in [0.1, 0.15) is 5.82 Å². The van der Waals surface area contributed by atoms with E-state index < -0.39 is 0 Å². The third-order valence-electron chi connectivity index (χ3n) is 4.13. The van der Waals surface area contributed by atoms with Gasteiger partial charge in [0.15, 0.2) is 0 Å². The monoisotopic (exact) mass is 250 g/mol. The van der Waals surface area contributed by atoms with Crippen LogP contribution in [0.2, 0.25) is 0 Å². The molecule has 1 unspecified atom stereocenters. The van der Waals surface area contributed by atoms with E-state index in [9.17, 15) is 4.39 Å². The van der Waals surface area contributed by atoms with Crippen molar-refractivity contribution < 1.29 is 4.39 Å². The van der Waals surface area contributed by atoms with E-state index in [1.165, 1.54) is 19.4 Å². The smallest absolute Gasteiger partial charge is 0.126 e. The minimum Gasteiger partial charge on any atom is -0.313 e. The van der Waals surface area contributed by atoms with Crippen molar-refractivity contribution >= 4 is 0 Å². The van der Waals surface area contributed by atoms with E-state index in [0.29, 0.717) is 0 Å². The van der Waals surface area contributed by atoms with E-state index in [2.05, 4.69) is 17.3 Å². The third kappa shape index (κ3) is 3.09. The first-order valence-electron chi connectivity index (χ1n) is 6.76. The summed E-state index contributed by atoms with van der Waals surface area (Å²) in [6.07, 6.45) is 4.20. The molecule has 1 aliphatic rings. The molecule has 1 aromatic rings. The van der Waals surface area contributed by atoms with Crippen LogP contribution >= 0.6 is 0 Å². The van der Waals surface area contributed by atoms with Crippen molar-refractivity contribution in [1.82, 2.24) is 10.2 Å². The number of aryl methyl sites for hydroxylation is 1. The summed E-state index contributed by atoms with van der Waals surface area (Å²) < 4.78 is 13.6. The van der Waals surface area contributed by atoms with Crippen LogP contribution in [-0.4, -0.2) is 37.6 Å². The first-order chi connectivity index (χ1) is 8.65. The molecule has 1 heterocycles. The summed E-state index contributed by atoms with van der Waals surface area (Å²) in [6, 6.07) is 7.11. The van der Waals surface area contributed by atoms with Gasteiger partial charge in [-0.3, -0.25) is 0 Å². The Labute approximate surface area is 109 Å². The maximum atomic E-state index is 13.6. The van der Waals surface area contributed by atoms with Crippen molar-refractivity contribution in [3.05, 3.63) is 35.6 Å². The van der Waals surface area contributed by atoms with Gasteiger partial charge in [0.05, 0.1) is 0 Å². The van der Waals surface area contributed by atoms with Crippen LogP contribution in [0.3, 0.4) is 0 Å². The highest BCUT2D eigenvalue weighted by molar-refractivity contribution is 5.18. The maximum Gasteiger partial charge on any atom is 0.126 e. The van der Waals surface area contributed by atoms with E-state index in [4.69, 9.17) is 0 Å². The first kappa shape index (κ1) is 13.5. The Kier molecular flexibility index (Phi) is 4.36. The van der Waals surface area contributed by atoms with Gasteiger partial charge in [-0.05, 0) is 58.0 Å². The molecule has 1 N–H and O–H groups in total. The van der Waals surface area contributed by atoms with E-state index in [1.54, 1.807) is 12.1 Å². The lowest BCUT2D eigenvalue weighted by Crippen LogP contribution is -2.55. The molecule has 0 amide bonds. The van der Waals surface area contributed by atoms with Crippen LogP contribution in [0.15, 0.2) is 24.3 Å². The topological polar surface area (TPSA) is 15.3 Å². The van der Waals surface area contributed by atoms with E-state index in [0.717, 1.165) is 24.9 Å². The quantitative estimate of drug-likeness (QED) is 0.883. The molecule has 100 valence electrons. The predicted molar refractivity (Wildman–Crippen MR) is 73.2 cm³/mol. The van der Waals surface area contributed by atoms with Gasteiger partial charge in [-0.15, -0.1) is 0 Å². The number of nitrogens with zero attached hydrogens (tertiary/aromatic N) is 1. The first-order valence-corrected chi connectivity index (χ1v) is 6.76. The SMILES string of the molecule is CNC1(CCc2ccccc2F)CCCN(C)C1. The van der Waals surface area contributed by atoms with Gasteiger partial charge in [0.25, 0.3) is 0 Å². The Morgan fingerprint density at radius 3 is 2.83 bits per heavy atom. The van der Waals surface area contributed by atoms with Crippen molar-refractivity contribution in [1.29, 1.82) is 0 Å². The number of nitrogens with one attached hydrogen (secondary N) is 1. The molecule has 1 atom stereocenters. The van der Waals surface area contributed by atoms with Crippen molar-refractivity contribution in [2.45, 2.75) is 31.2 Å². The van der Waals surface area contributed by atoms with Gasteiger partial charge < -0.3 is 10.2 Å². The van der Waals surface area contributed by atoms with Crippen molar-refractivity contribution in [3.8, 4) is 0 Å². The van der Waals surface area contributed by atoms with Crippen molar-refractivity contribution in [2.24, 2.45) is 0 Å². The molecular weight excluding hydrogens is 227 g/mol. The summed E-state index contributed by atoms with van der Waals surface area (Å²) in [5, 5.41) is 3.47. The number of rotatable bonds is 4. The summed E-state index contributed by atoms with van der Waals surface area (Å²) in [6.45, 7) is 2.22. The third-order valence-corrected chi connectivity index (χ3v) is 4.13. The second kappa shape index (κ2) is 5.81. The number of piperidine rings is 1. The molecule has 1 aliphatic heterocycles. The highest BCUT2D eigenvalue weighted by atomic mass is 19.1. The van der Waals surface area contributed by atoms with Gasteiger partial charge in [0.2, 0.25) is 0 Å². The predicted octanol–water partition coefficient (Wildman–Crippen LogP) is 2.44. The molecule has 0 spiro atoms. The molecule has 0 aliphatic carbocycles. The van der Waals surface area contributed by atoms with Gasteiger partial charge >= 0.3 is 0 Å². The highest BCUT2D eigenvalue weighted by Gasteiger charge is 2.32. The average Bonchev–Trinajstić information content (AvgIpc) is 2.38. The number of likely N-dealkylation sites (N-methyl/N-ethyl adjacent to an activating group) is 2. The molecule has 18 heavy (non-hydrogen) atoms. The zero-order valence-corrected chi connectivity index (χ0v) is 11.4. The highest BCUT2D eigenvalue weighted by Crippen LogP contribution is 2.25. The number of hydrogen-bond acceptors (Lipinski definition) is 2. The maximum absolute atomic E-state index is 13.6. The summed E-state index contributed by atoms with van der Waals surface area (Å²) >= 11 is 0. The summed E-state index contributed by atoms with van der Waals surface area (Å²) in [5.74, 6) is -0.0760. The molecule has 1 fully saturated rings. The molecule has 0 radical (unpaired) electrons. The minimum absolute atomic E-state index is 0.0760. The van der Waals surface area contributed by atoms with Crippen LogP contribution in [0.5, 0.6) is 0 Å². The molecule has 3 heteroatoms. The summed E-state index contributed by atoms with van der Waals surface area (Å²) in [5.41, 5.74) is 0.982. The zero-order valence-electron chi connectivity index (χ0n) is 11.4. The van der Waals surface area contributed by atoms with Crippen LogP contribution in [0.4, 0.5) is 4.39 Å². The van der Waals surface area contributed by atoms with Crippen molar-refractivity contribution in [3.63, 3.8) is 0 Å². The van der Waals surface area contributed by atoms with Gasteiger partial charge in [0, 0.05) is 12.1 Å². The molecule has 2 rings (SSSR count). The Morgan fingerprint density at radius 1 is 1.39 bits per heavy atom. The van der Waals surface area contributed by atoms with E-state index >= 15 is 0 Å². The molecule has 0 saturated carbocycles. The van der Waals surface area contributed by atoms with Crippen LogP contribution in [0.1, 0.15) is 24.8 Å². The lowest BCUT2D eigenvalue weighted by atomic mass is 9.84. The van der Waals surface area contributed by atoms with E-state index in [1.807, 2.05) is 19.2 Å². The van der Waals surface area contributed by atoms with Gasteiger partial charge in [-0.2, -0.15) is 0 Å².